The normalized spacial score (nSPS) is 14.9. The number of nitrogens with two attached hydrogens (primary N) is 2. The van der Waals surface area contributed by atoms with E-state index in [1.807, 2.05) is 0 Å². The van der Waals surface area contributed by atoms with Crippen LogP contribution in [0.3, 0.4) is 0 Å². The van der Waals surface area contributed by atoms with Crippen LogP contribution in [0.25, 0.3) is 0 Å². The van der Waals surface area contributed by atoms with Crippen LogP contribution >= 0.6 is 11.8 Å². The second-order valence-corrected chi connectivity index (χ2v) is 5.53. The highest BCUT2D eigenvalue weighted by Crippen LogP contribution is 2.30. The minimum atomic E-state index is 0.408. The van der Waals surface area contributed by atoms with Crippen molar-refractivity contribution in [2.45, 2.75) is 24.7 Å². The van der Waals surface area contributed by atoms with Crippen LogP contribution in [0, 0.1) is 11.8 Å². The highest BCUT2D eigenvalue weighted by atomic mass is 32.2. The van der Waals surface area contributed by atoms with Gasteiger partial charge >= 0.3 is 0 Å². The number of rotatable bonds is 6. The van der Waals surface area contributed by atoms with Crippen LogP contribution in [0.2, 0.25) is 0 Å². The van der Waals surface area contributed by atoms with E-state index in [0.29, 0.717) is 30.8 Å². The quantitative estimate of drug-likeness (QED) is 0.765. The van der Waals surface area contributed by atoms with Gasteiger partial charge in [-0.15, -0.1) is 11.8 Å². The minimum absolute atomic E-state index is 0.408. The molecule has 17 heavy (non-hydrogen) atoms. The van der Waals surface area contributed by atoms with Gasteiger partial charge in [0, 0.05) is 4.90 Å². The molecule has 1 aromatic carbocycles. The molecule has 0 spiro atoms. The number of hydrogen-bond acceptors (Lipinski definition) is 3. The van der Waals surface area contributed by atoms with Crippen LogP contribution in [-0.2, 0) is 0 Å². The lowest BCUT2D eigenvalue weighted by Crippen LogP contribution is -2.31. The first kappa shape index (κ1) is 14.6. The van der Waals surface area contributed by atoms with Gasteiger partial charge in [0.05, 0.1) is 0 Å². The van der Waals surface area contributed by atoms with Crippen molar-refractivity contribution >= 4 is 11.8 Å². The molecule has 1 aromatic rings. The number of benzene rings is 1. The highest BCUT2D eigenvalue weighted by molar-refractivity contribution is 7.98. The maximum atomic E-state index is 5.76. The second kappa shape index (κ2) is 7.04. The molecule has 2 nitrogen and oxygen atoms in total. The molecule has 0 radical (unpaired) electrons. The van der Waals surface area contributed by atoms with Crippen molar-refractivity contribution in [3.8, 4) is 0 Å². The summed E-state index contributed by atoms with van der Waals surface area (Å²) >= 11 is 1.77. The fourth-order valence-electron chi connectivity index (χ4n) is 2.14. The Bertz CT molecular complexity index is 319. The summed E-state index contributed by atoms with van der Waals surface area (Å²) in [5, 5.41) is 0. The van der Waals surface area contributed by atoms with Crippen molar-refractivity contribution in [1.29, 1.82) is 0 Å². The van der Waals surface area contributed by atoms with Gasteiger partial charge in [-0.2, -0.15) is 0 Å². The van der Waals surface area contributed by atoms with Gasteiger partial charge in [0.2, 0.25) is 0 Å². The summed E-state index contributed by atoms with van der Waals surface area (Å²) in [7, 11) is 0. The molecular formula is C14H24N2S. The number of hydrogen-bond donors (Lipinski definition) is 2. The Morgan fingerprint density at radius 2 is 1.59 bits per heavy atom. The van der Waals surface area contributed by atoms with Gasteiger partial charge in [-0.3, -0.25) is 0 Å². The van der Waals surface area contributed by atoms with Crippen LogP contribution in [0.1, 0.15) is 25.3 Å². The first-order valence-electron chi connectivity index (χ1n) is 6.18. The lowest BCUT2D eigenvalue weighted by atomic mass is 9.80. The summed E-state index contributed by atoms with van der Waals surface area (Å²) in [6, 6.07) is 8.81. The Kier molecular flexibility index (Phi) is 6.03. The van der Waals surface area contributed by atoms with E-state index in [4.69, 9.17) is 11.5 Å². The summed E-state index contributed by atoms with van der Waals surface area (Å²) in [5.74, 6) is 1.43. The maximum absolute atomic E-state index is 5.76. The van der Waals surface area contributed by atoms with Crippen LogP contribution < -0.4 is 11.5 Å². The van der Waals surface area contributed by atoms with Gasteiger partial charge in [-0.1, -0.05) is 26.0 Å². The lowest BCUT2D eigenvalue weighted by Gasteiger charge is -2.27. The summed E-state index contributed by atoms with van der Waals surface area (Å²) in [5.41, 5.74) is 12.9. The molecule has 1 rings (SSSR count). The lowest BCUT2D eigenvalue weighted by molar-refractivity contribution is 0.328. The Labute approximate surface area is 109 Å². The summed E-state index contributed by atoms with van der Waals surface area (Å²) in [6.45, 7) is 5.85. The molecule has 2 atom stereocenters. The Morgan fingerprint density at radius 1 is 1.06 bits per heavy atom. The molecule has 0 bridgehead atoms. The van der Waals surface area contributed by atoms with Crippen molar-refractivity contribution in [2.75, 3.05) is 19.3 Å². The molecule has 0 fully saturated rings. The molecular weight excluding hydrogens is 228 g/mol. The predicted octanol–water partition coefficient (Wildman–Crippen LogP) is 2.68. The maximum Gasteiger partial charge on any atom is 0.00693 e. The van der Waals surface area contributed by atoms with Gasteiger partial charge < -0.3 is 11.5 Å². The molecule has 0 amide bonds. The average Bonchev–Trinajstić information content (AvgIpc) is 2.39. The standard InChI is InChI=1S/C14H24N2S/c1-10(11(2)13(8-15)9-16)12-4-6-14(17-3)7-5-12/h4-7,10-11,13H,8-9,15-16H2,1-3H3. The fraction of sp³-hybridized carbons (Fsp3) is 0.571. The molecule has 0 saturated heterocycles. The van der Waals surface area contributed by atoms with Crippen LogP contribution in [0.4, 0.5) is 0 Å². The first-order chi connectivity index (χ1) is 8.13. The summed E-state index contributed by atoms with van der Waals surface area (Å²) in [6.07, 6.45) is 2.10. The van der Waals surface area contributed by atoms with E-state index >= 15 is 0 Å². The van der Waals surface area contributed by atoms with E-state index in [0.717, 1.165) is 0 Å². The predicted molar refractivity (Wildman–Crippen MR) is 77.4 cm³/mol. The van der Waals surface area contributed by atoms with Crippen molar-refractivity contribution in [3.05, 3.63) is 29.8 Å². The Morgan fingerprint density at radius 3 is 2.00 bits per heavy atom. The van der Waals surface area contributed by atoms with Crippen LogP contribution in [0.5, 0.6) is 0 Å². The fourth-order valence-corrected chi connectivity index (χ4v) is 2.55. The van der Waals surface area contributed by atoms with Gasteiger partial charge in [0.1, 0.15) is 0 Å². The number of thioether (sulfide) groups is 1. The minimum Gasteiger partial charge on any atom is -0.330 e. The Hall–Kier alpha value is -0.510. The van der Waals surface area contributed by atoms with Crippen molar-refractivity contribution in [1.82, 2.24) is 0 Å². The average molecular weight is 252 g/mol. The smallest absolute Gasteiger partial charge is 0.00693 e. The van der Waals surface area contributed by atoms with Crippen LogP contribution in [0.15, 0.2) is 29.2 Å². The SMILES string of the molecule is CSc1ccc(C(C)C(C)C(CN)CN)cc1. The largest absolute Gasteiger partial charge is 0.330 e. The zero-order chi connectivity index (χ0) is 12.8. The molecule has 0 aromatic heterocycles. The van der Waals surface area contributed by atoms with E-state index in [9.17, 15) is 0 Å². The van der Waals surface area contributed by atoms with Crippen LogP contribution in [-0.4, -0.2) is 19.3 Å². The summed E-state index contributed by atoms with van der Waals surface area (Å²) in [4.78, 5) is 1.31. The summed E-state index contributed by atoms with van der Waals surface area (Å²) < 4.78 is 0. The molecule has 3 heteroatoms. The molecule has 0 saturated carbocycles. The van der Waals surface area contributed by atoms with E-state index in [1.54, 1.807) is 11.8 Å². The van der Waals surface area contributed by atoms with E-state index in [-0.39, 0.29) is 0 Å². The van der Waals surface area contributed by atoms with Crippen molar-refractivity contribution < 1.29 is 0 Å². The van der Waals surface area contributed by atoms with Gasteiger partial charge in [0.25, 0.3) is 0 Å². The zero-order valence-corrected chi connectivity index (χ0v) is 11.8. The zero-order valence-electron chi connectivity index (χ0n) is 11.0. The van der Waals surface area contributed by atoms with Crippen molar-refractivity contribution in [2.24, 2.45) is 23.3 Å². The third-order valence-electron chi connectivity index (χ3n) is 3.78. The molecule has 2 unspecified atom stereocenters. The molecule has 0 aliphatic heterocycles. The van der Waals surface area contributed by atoms with E-state index < -0.39 is 0 Å². The van der Waals surface area contributed by atoms with Gasteiger partial charge in [-0.05, 0) is 54.8 Å². The highest BCUT2D eigenvalue weighted by Gasteiger charge is 2.21. The monoisotopic (exact) mass is 252 g/mol. The first-order valence-corrected chi connectivity index (χ1v) is 7.40. The van der Waals surface area contributed by atoms with E-state index in [2.05, 4.69) is 44.4 Å². The molecule has 4 N–H and O–H groups in total. The molecule has 96 valence electrons. The molecule has 0 aliphatic rings. The molecule has 0 aliphatic carbocycles. The second-order valence-electron chi connectivity index (χ2n) is 4.65. The third-order valence-corrected chi connectivity index (χ3v) is 4.52. The molecule has 0 heterocycles. The van der Waals surface area contributed by atoms with Gasteiger partial charge in [-0.25, -0.2) is 0 Å². The van der Waals surface area contributed by atoms with E-state index in [1.165, 1.54) is 10.5 Å². The van der Waals surface area contributed by atoms with Gasteiger partial charge in [0.15, 0.2) is 0 Å². The Balaban J connectivity index is 2.76. The topological polar surface area (TPSA) is 52.0 Å². The third kappa shape index (κ3) is 3.73. The van der Waals surface area contributed by atoms with Crippen molar-refractivity contribution in [3.63, 3.8) is 0 Å².